The van der Waals surface area contributed by atoms with Gasteiger partial charge in [-0.1, -0.05) is 36.4 Å². The van der Waals surface area contributed by atoms with Gasteiger partial charge >= 0.3 is 0 Å². The molecule has 1 aliphatic rings. The van der Waals surface area contributed by atoms with Gasteiger partial charge in [0.25, 0.3) is 0 Å². The fourth-order valence-electron chi connectivity index (χ4n) is 2.46. The molecule has 2 rings (SSSR count). The van der Waals surface area contributed by atoms with Gasteiger partial charge in [0.2, 0.25) is 5.91 Å². The average Bonchev–Trinajstić information content (AvgIpc) is 2.41. The van der Waals surface area contributed by atoms with E-state index in [9.17, 15) is 4.79 Å². The summed E-state index contributed by atoms with van der Waals surface area (Å²) in [7, 11) is 0. The predicted octanol–water partition coefficient (Wildman–Crippen LogP) is 2.08. The van der Waals surface area contributed by atoms with Crippen molar-refractivity contribution in [3.8, 4) is 0 Å². The smallest absolute Gasteiger partial charge is 0.219 e. The summed E-state index contributed by atoms with van der Waals surface area (Å²) in [5.41, 5.74) is 1.27. The minimum Gasteiger partial charge on any atom is -0.340 e. The lowest BCUT2D eigenvalue weighted by Crippen LogP contribution is -2.48. The van der Waals surface area contributed by atoms with Crippen molar-refractivity contribution >= 4 is 5.91 Å². The van der Waals surface area contributed by atoms with Crippen LogP contribution in [0.25, 0.3) is 0 Å². The third kappa shape index (κ3) is 2.79. The maximum atomic E-state index is 11.3. The Hall–Kier alpha value is -1.61. The highest BCUT2D eigenvalue weighted by Gasteiger charge is 2.23. The van der Waals surface area contributed by atoms with Crippen molar-refractivity contribution in [1.82, 2.24) is 9.80 Å². The van der Waals surface area contributed by atoms with E-state index in [0.717, 1.165) is 26.2 Å². The normalized spacial score (nSPS) is 18.4. The van der Waals surface area contributed by atoms with Crippen LogP contribution in [0.5, 0.6) is 0 Å². The highest BCUT2D eigenvalue weighted by Crippen LogP contribution is 2.22. The third-order valence-electron chi connectivity index (χ3n) is 3.52. The Kier molecular flexibility index (Phi) is 4.15. The zero-order valence-electron chi connectivity index (χ0n) is 10.9. The van der Waals surface area contributed by atoms with Crippen LogP contribution in [0, 0.1) is 0 Å². The molecule has 0 aromatic heterocycles. The maximum absolute atomic E-state index is 11.3. The van der Waals surface area contributed by atoms with Crippen molar-refractivity contribution in [2.75, 3.05) is 26.2 Å². The number of carbonyl (C=O) groups excluding carboxylic acids is 1. The highest BCUT2D eigenvalue weighted by atomic mass is 16.2. The molecule has 96 valence electrons. The van der Waals surface area contributed by atoms with Gasteiger partial charge < -0.3 is 4.90 Å². The first-order valence-corrected chi connectivity index (χ1v) is 6.39. The van der Waals surface area contributed by atoms with Gasteiger partial charge in [0, 0.05) is 33.1 Å². The van der Waals surface area contributed by atoms with E-state index >= 15 is 0 Å². The lowest BCUT2D eigenvalue weighted by Gasteiger charge is -2.38. The molecule has 0 bridgehead atoms. The highest BCUT2D eigenvalue weighted by molar-refractivity contribution is 5.73. The predicted molar refractivity (Wildman–Crippen MR) is 73.2 cm³/mol. The molecule has 1 aromatic rings. The maximum Gasteiger partial charge on any atom is 0.219 e. The van der Waals surface area contributed by atoms with Crippen molar-refractivity contribution in [2.24, 2.45) is 0 Å². The molecule has 0 aliphatic carbocycles. The van der Waals surface area contributed by atoms with Crippen LogP contribution in [-0.2, 0) is 4.79 Å². The molecule has 1 heterocycles. The number of carbonyl (C=O) groups is 1. The Morgan fingerprint density at radius 1 is 1.22 bits per heavy atom. The Bertz CT molecular complexity index is 408. The quantitative estimate of drug-likeness (QED) is 0.760. The van der Waals surface area contributed by atoms with Gasteiger partial charge in [-0.25, -0.2) is 0 Å². The molecular weight excluding hydrogens is 224 g/mol. The molecule has 1 aromatic carbocycles. The van der Waals surface area contributed by atoms with Crippen LogP contribution in [0.15, 0.2) is 43.0 Å². The lowest BCUT2D eigenvalue weighted by atomic mass is 10.0. The number of piperazine rings is 1. The number of benzene rings is 1. The number of nitrogens with zero attached hydrogens (tertiary/aromatic N) is 2. The van der Waals surface area contributed by atoms with Crippen LogP contribution in [0.2, 0.25) is 0 Å². The van der Waals surface area contributed by atoms with E-state index in [1.54, 1.807) is 6.92 Å². The van der Waals surface area contributed by atoms with E-state index in [1.807, 2.05) is 17.0 Å². The molecule has 3 nitrogen and oxygen atoms in total. The van der Waals surface area contributed by atoms with E-state index in [2.05, 4.69) is 35.7 Å². The van der Waals surface area contributed by atoms with Gasteiger partial charge in [0.05, 0.1) is 6.04 Å². The van der Waals surface area contributed by atoms with Crippen molar-refractivity contribution in [3.05, 3.63) is 48.6 Å². The van der Waals surface area contributed by atoms with Crippen LogP contribution in [0.4, 0.5) is 0 Å². The van der Waals surface area contributed by atoms with Crippen LogP contribution in [0.3, 0.4) is 0 Å². The monoisotopic (exact) mass is 244 g/mol. The summed E-state index contributed by atoms with van der Waals surface area (Å²) in [5, 5.41) is 0. The van der Waals surface area contributed by atoms with Crippen LogP contribution in [-0.4, -0.2) is 41.9 Å². The fraction of sp³-hybridized carbons (Fsp3) is 0.400. The SMILES string of the molecule is C=CC(c1ccccc1)N1CCN(C(C)=O)CC1. The third-order valence-corrected chi connectivity index (χ3v) is 3.52. The molecule has 1 amide bonds. The second kappa shape index (κ2) is 5.83. The molecule has 18 heavy (non-hydrogen) atoms. The van der Waals surface area contributed by atoms with E-state index in [1.165, 1.54) is 5.56 Å². The van der Waals surface area contributed by atoms with E-state index in [4.69, 9.17) is 0 Å². The molecular formula is C15H20N2O. The summed E-state index contributed by atoms with van der Waals surface area (Å²) in [6.45, 7) is 9.02. The van der Waals surface area contributed by atoms with Crippen molar-refractivity contribution in [3.63, 3.8) is 0 Å². The van der Waals surface area contributed by atoms with Gasteiger partial charge in [0.1, 0.15) is 0 Å². The molecule has 1 atom stereocenters. The topological polar surface area (TPSA) is 23.6 Å². The van der Waals surface area contributed by atoms with Gasteiger partial charge in [-0.2, -0.15) is 0 Å². The van der Waals surface area contributed by atoms with Gasteiger partial charge in [0.15, 0.2) is 0 Å². The molecule has 1 unspecified atom stereocenters. The molecule has 0 radical (unpaired) electrons. The summed E-state index contributed by atoms with van der Waals surface area (Å²) in [6, 6.07) is 10.6. The standard InChI is InChI=1S/C15H20N2O/c1-3-15(14-7-5-4-6-8-14)17-11-9-16(10-12-17)13(2)18/h3-8,15H,1,9-12H2,2H3. The van der Waals surface area contributed by atoms with Crippen LogP contribution < -0.4 is 0 Å². The van der Waals surface area contributed by atoms with Gasteiger partial charge in [-0.15, -0.1) is 6.58 Å². The second-order valence-electron chi connectivity index (χ2n) is 4.63. The Morgan fingerprint density at radius 2 is 1.83 bits per heavy atom. The minimum absolute atomic E-state index is 0.171. The molecule has 1 saturated heterocycles. The lowest BCUT2D eigenvalue weighted by molar-refractivity contribution is -0.130. The zero-order chi connectivity index (χ0) is 13.0. The summed E-state index contributed by atoms with van der Waals surface area (Å²) in [4.78, 5) is 15.6. The first-order chi connectivity index (χ1) is 8.72. The number of hydrogen-bond acceptors (Lipinski definition) is 2. The molecule has 0 N–H and O–H groups in total. The summed E-state index contributed by atoms with van der Waals surface area (Å²) >= 11 is 0. The van der Waals surface area contributed by atoms with E-state index in [-0.39, 0.29) is 11.9 Å². The fourth-order valence-corrected chi connectivity index (χ4v) is 2.46. The summed E-state index contributed by atoms with van der Waals surface area (Å²) < 4.78 is 0. The zero-order valence-corrected chi connectivity index (χ0v) is 10.9. The van der Waals surface area contributed by atoms with Gasteiger partial charge in [-0.05, 0) is 5.56 Å². The van der Waals surface area contributed by atoms with Gasteiger partial charge in [-0.3, -0.25) is 9.69 Å². The first-order valence-electron chi connectivity index (χ1n) is 6.39. The molecule has 3 heteroatoms. The number of rotatable bonds is 3. The Morgan fingerprint density at radius 3 is 2.33 bits per heavy atom. The first kappa shape index (κ1) is 12.8. The number of hydrogen-bond donors (Lipinski definition) is 0. The summed E-state index contributed by atoms with van der Waals surface area (Å²) in [5.74, 6) is 0.171. The molecule has 1 aliphatic heterocycles. The largest absolute Gasteiger partial charge is 0.340 e. The molecule has 0 spiro atoms. The molecule has 1 fully saturated rings. The Labute approximate surface area is 109 Å². The van der Waals surface area contributed by atoms with E-state index in [0.29, 0.717) is 0 Å². The van der Waals surface area contributed by atoms with Crippen molar-refractivity contribution < 1.29 is 4.79 Å². The molecule has 0 saturated carbocycles. The summed E-state index contributed by atoms with van der Waals surface area (Å²) in [6.07, 6.45) is 1.98. The number of amides is 1. The Balaban J connectivity index is 2.03. The van der Waals surface area contributed by atoms with Crippen molar-refractivity contribution in [1.29, 1.82) is 0 Å². The minimum atomic E-state index is 0.171. The van der Waals surface area contributed by atoms with Crippen LogP contribution >= 0.6 is 0 Å². The van der Waals surface area contributed by atoms with Crippen LogP contribution in [0.1, 0.15) is 18.5 Å². The van der Waals surface area contributed by atoms with Crippen molar-refractivity contribution in [2.45, 2.75) is 13.0 Å². The second-order valence-corrected chi connectivity index (χ2v) is 4.63. The average molecular weight is 244 g/mol. The van der Waals surface area contributed by atoms with E-state index < -0.39 is 0 Å².